The molecule has 0 spiro atoms. The Morgan fingerprint density at radius 2 is 2.35 bits per heavy atom. The molecule has 5 nitrogen and oxygen atoms in total. The lowest BCUT2D eigenvalue weighted by molar-refractivity contribution is 0.0273. The maximum absolute atomic E-state index is 12.5. The van der Waals surface area contributed by atoms with Gasteiger partial charge in [-0.2, -0.15) is 0 Å². The molecule has 1 saturated heterocycles. The van der Waals surface area contributed by atoms with E-state index in [9.17, 15) is 4.79 Å². The first-order valence-electron chi connectivity index (χ1n) is 6.84. The van der Waals surface area contributed by atoms with Crippen molar-refractivity contribution in [2.24, 2.45) is 0 Å². The van der Waals surface area contributed by atoms with Crippen LogP contribution in [0.2, 0.25) is 0 Å². The number of ether oxygens (including phenoxy) is 1. The van der Waals surface area contributed by atoms with Crippen LogP contribution in [0.15, 0.2) is 24.4 Å². The number of H-pyrrole nitrogens is 1. The van der Waals surface area contributed by atoms with Crippen molar-refractivity contribution in [3.05, 3.63) is 30.0 Å². The van der Waals surface area contributed by atoms with Crippen molar-refractivity contribution < 1.29 is 9.53 Å². The van der Waals surface area contributed by atoms with Crippen LogP contribution in [0.3, 0.4) is 0 Å². The molecule has 20 heavy (non-hydrogen) atoms. The van der Waals surface area contributed by atoms with Gasteiger partial charge in [0.15, 0.2) is 0 Å². The molecule has 3 rings (SSSR count). The summed E-state index contributed by atoms with van der Waals surface area (Å²) < 4.78 is 5.47. The van der Waals surface area contributed by atoms with Gasteiger partial charge in [0.05, 0.1) is 17.7 Å². The number of nitrogens with two attached hydrogens (primary N) is 1. The maximum atomic E-state index is 12.5. The van der Waals surface area contributed by atoms with Crippen LogP contribution >= 0.6 is 0 Å². The Hall–Kier alpha value is -2.01. The molecule has 1 aliphatic heterocycles. The van der Waals surface area contributed by atoms with E-state index in [0.29, 0.717) is 17.9 Å². The molecule has 0 bridgehead atoms. The SMILES string of the molecule is CC1(NC(=O)c2c[nH]c3ccc(N)cc23)CCCOC1. The molecule has 1 aromatic heterocycles. The number of aromatic nitrogens is 1. The number of nitrogen functional groups attached to an aromatic ring is 1. The number of hydrogen-bond donors (Lipinski definition) is 3. The standard InChI is InChI=1S/C15H19N3O2/c1-15(5-2-6-20-9-15)18-14(19)12-8-17-13-4-3-10(16)7-11(12)13/h3-4,7-8,17H,2,5-6,9,16H2,1H3,(H,18,19). The Morgan fingerprint density at radius 1 is 1.50 bits per heavy atom. The summed E-state index contributed by atoms with van der Waals surface area (Å²) in [5.41, 5.74) is 7.69. The average molecular weight is 273 g/mol. The molecular formula is C15H19N3O2. The first-order valence-corrected chi connectivity index (χ1v) is 6.84. The summed E-state index contributed by atoms with van der Waals surface area (Å²) in [6.07, 6.45) is 3.63. The van der Waals surface area contributed by atoms with Gasteiger partial charge < -0.3 is 20.8 Å². The fourth-order valence-electron chi connectivity index (χ4n) is 2.70. The summed E-state index contributed by atoms with van der Waals surface area (Å²) in [7, 11) is 0. The number of aromatic amines is 1. The van der Waals surface area contributed by atoms with Crippen molar-refractivity contribution in [3.8, 4) is 0 Å². The van der Waals surface area contributed by atoms with E-state index in [1.807, 2.05) is 25.1 Å². The molecule has 1 atom stereocenters. The number of carbonyl (C=O) groups is 1. The Bertz CT molecular complexity index is 642. The van der Waals surface area contributed by atoms with Gasteiger partial charge in [0, 0.05) is 29.4 Å². The molecule has 1 aliphatic rings. The molecule has 0 saturated carbocycles. The molecule has 4 N–H and O–H groups in total. The molecule has 2 heterocycles. The van der Waals surface area contributed by atoms with Gasteiger partial charge in [-0.25, -0.2) is 0 Å². The second-order valence-corrected chi connectivity index (χ2v) is 5.68. The number of amides is 1. The smallest absolute Gasteiger partial charge is 0.253 e. The van der Waals surface area contributed by atoms with Gasteiger partial charge in [0.2, 0.25) is 0 Å². The number of carbonyl (C=O) groups excluding carboxylic acids is 1. The van der Waals surface area contributed by atoms with E-state index >= 15 is 0 Å². The van der Waals surface area contributed by atoms with Gasteiger partial charge in [-0.05, 0) is 38.0 Å². The highest BCUT2D eigenvalue weighted by atomic mass is 16.5. The van der Waals surface area contributed by atoms with Gasteiger partial charge in [-0.1, -0.05) is 0 Å². The van der Waals surface area contributed by atoms with Crippen molar-refractivity contribution >= 4 is 22.5 Å². The summed E-state index contributed by atoms with van der Waals surface area (Å²) in [5.74, 6) is -0.0881. The minimum atomic E-state index is -0.292. The zero-order valence-electron chi connectivity index (χ0n) is 11.5. The van der Waals surface area contributed by atoms with E-state index in [2.05, 4.69) is 10.3 Å². The van der Waals surface area contributed by atoms with Crippen LogP contribution in [0.4, 0.5) is 5.69 Å². The Balaban J connectivity index is 1.87. The van der Waals surface area contributed by atoms with E-state index in [-0.39, 0.29) is 11.4 Å². The lowest BCUT2D eigenvalue weighted by Crippen LogP contribution is -2.51. The number of rotatable bonds is 2. The Labute approximate surface area is 117 Å². The summed E-state index contributed by atoms with van der Waals surface area (Å²) >= 11 is 0. The number of benzene rings is 1. The quantitative estimate of drug-likeness (QED) is 0.733. The van der Waals surface area contributed by atoms with Crippen LogP contribution in [0.5, 0.6) is 0 Å². The van der Waals surface area contributed by atoms with Gasteiger partial charge in [-0.3, -0.25) is 4.79 Å². The van der Waals surface area contributed by atoms with Gasteiger partial charge in [-0.15, -0.1) is 0 Å². The molecule has 1 unspecified atom stereocenters. The highest BCUT2D eigenvalue weighted by Gasteiger charge is 2.30. The molecule has 1 amide bonds. The molecule has 0 radical (unpaired) electrons. The third-order valence-corrected chi connectivity index (χ3v) is 3.80. The second kappa shape index (κ2) is 4.83. The molecule has 5 heteroatoms. The van der Waals surface area contributed by atoms with Crippen molar-refractivity contribution in [1.29, 1.82) is 0 Å². The van der Waals surface area contributed by atoms with E-state index in [4.69, 9.17) is 10.5 Å². The summed E-state index contributed by atoms with van der Waals surface area (Å²) in [5, 5.41) is 3.93. The fraction of sp³-hybridized carbons (Fsp3) is 0.400. The minimum absolute atomic E-state index is 0.0881. The van der Waals surface area contributed by atoms with Crippen LogP contribution in [0, 0.1) is 0 Å². The van der Waals surface area contributed by atoms with E-state index < -0.39 is 0 Å². The Morgan fingerprint density at radius 3 is 3.10 bits per heavy atom. The number of fused-ring (bicyclic) bond motifs is 1. The lowest BCUT2D eigenvalue weighted by Gasteiger charge is -2.34. The monoisotopic (exact) mass is 273 g/mol. The normalized spacial score (nSPS) is 22.9. The summed E-state index contributed by atoms with van der Waals surface area (Å²) in [6.45, 7) is 3.35. The zero-order valence-corrected chi connectivity index (χ0v) is 11.5. The van der Waals surface area contributed by atoms with Gasteiger partial charge in [0.1, 0.15) is 0 Å². The van der Waals surface area contributed by atoms with Crippen molar-refractivity contribution in [3.63, 3.8) is 0 Å². The topological polar surface area (TPSA) is 80.1 Å². The van der Waals surface area contributed by atoms with Crippen LogP contribution in [0.1, 0.15) is 30.1 Å². The maximum Gasteiger partial charge on any atom is 0.253 e. The van der Waals surface area contributed by atoms with E-state index in [0.717, 1.165) is 30.4 Å². The number of nitrogens with one attached hydrogen (secondary N) is 2. The summed E-state index contributed by atoms with van der Waals surface area (Å²) in [6, 6.07) is 5.52. The summed E-state index contributed by atoms with van der Waals surface area (Å²) in [4.78, 5) is 15.6. The molecule has 0 aliphatic carbocycles. The molecule has 2 aromatic rings. The zero-order chi connectivity index (χ0) is 14.2. The third kappa shape index (κ3) is 2.36. The van der Waals surface area contributed by atoms with Crippen molar-refractivity contribution in [2.75, 3.05) is 18.9 Å². The van der Waals surface area contributed by atoms with Gasteiger partial charge >= 0.3 is 0 Å². The fourth-order valence-corrected chi connectivity index (χ4v) is 2.70. The van der Waals surface area contributed by atoms with Crippen molar-refractivity contribution in [2.45, 2.75) is 25.3 Å². The lowest BCUT2D eigenvalue weighted by atomic mass is 9.94. The number of anilines is 1. The molecule has 1 fully saturated rings. The highest BCUT2D eigenvalue weighted by Crippen LogP contribution is 2.23. The van der Waals surface area contributed by atoms with Crippen LogP contribution < -0.4 is 11.1 Å². The van der Waals surface area contributed by atoms with E-state index in [1.54, 1.807) is 6.20 Å². The molecular weight excluding hydrogens is 254 g/mol. The molecule has 1 aromatic carbocycles. The third-order valence-electron chi connectivity index (χ3n) is 3.80. The first kappa shape index (κ1) is 13.0. The van der Waals surface area contributed by atoms with Crippen molar-refractivity contribution in [1.82, 2.24) is 10.3 Å². The number of hydrogen-bond acceptors (Lipinski definition) is 3. The predicted octanol–water partition coefficient (Wildman–Crippen LogP) is 2.05. The largest absolute Gasteiger partial charge is 0.399 e. The van der Waals surface area contributed by atoms with E-state index in [1.165, 1.54) is 0 Å². The van der Waals surface area contributed by atoms with Gasteiger partial charge in [0.25, 0.3) is 5.91 Å². The first-order chi connectivity index (χ1) is 9.57. The Kier molecular flexibility index (Phi) is 3.14. The highest BCUT2D eigenvalue weighted by molar-refractivity contribution is 6.07. The van der Waals surface area contributed by atoms with Crippen LogP contribution in [-0.2, 0) is 4.74 Å². The molecule has 106 valence electrons. The van der Waals surface area contributed by atoms with Crippen LogP contribution in [0.25, 0.3) is 10.9 Å². The average Bonchev–Trinajstić information content (AvgIpc) is 2.82. The predicted molar refractivity (Wildman–Crippen MR) is 78.6 cm³/mol. The van der Waals surface area contributed by atoms with Crippen LogP contribution in [-0.4, -0.2) is 29.6 Å². The second-order valence-electron chi connectivity index (χ2n) is 5.68. The minimum Gasteiger partial charge on any atom is -0.399 e.